The number of ether oxygens (including phenoxy) is 2. The van der Waals surface area contributed by atoms with Gasteiger partial charge in [0, 0.05) is 49.4 Å². The van der Waals surface area contributed by atoms with Crippen LogP contribution in [-0.2, 0) is 9.53 Å². The van der Waals surface area contributed by atoms with Gasteiger partial charge in [-0.2, -0.15) is 5.26 Å². The molecule has 1 atom stereocenters. The van der Waals surface area contributed by atoms with Crippen molar-refractivity contribution in [2.24, 2.45) is 0 Å². The molecule has 1 aliphatic rings. The number of nitrogens with one attached hydrogen (secondary N) is 1. The second-order valence-electron chi connectivity index (χ2n) is 9.34. The summed E-state index contributed by atoms with van der Waals surface area (Å²) in [6, 6.07) is 13.7. The summed E-state index contributed by atoms with van der Waals surface area (Å²) in [4.78, 5) is 21.6. The lowest BCUT2D eigenvalue weighted by Crippen LogP contribution is -2.27. The van der Waals surface area contributed by atoms with Gasteiger partial charge >= 0.3 is 0 Å². The van der Waals surface area contributed by atoms with Gasteiger partial charge in [0.1, 0.15) is 17.9 Å². The summed E-state index contributed by atoms with van der Waals surface area (Å²) in [6.45, 7) is 11.7. The largest absolute Gasteiger partial charge is 0.486 e. The Morgan fingerprint density at radius 3 is 2.82 bits per heavy atom. The van der Waals surface area contributed by atoms with Crippen molar-refractivity contribution in [1.29, 1.82) is 5.26 Å². The van der Waals surface area contributed by atoms with Crippen LogP contribution >= 0.6 is 0 Å². The van der Waals surface area contributed by atoms with E-state index in [1.807, 2.05) is 42.5 Å². The van der Waals surface area contributed by atoms with Crippen molar-refractivity contribution >= 4 is 39.9 Å². The van der Waals surface area contributed by atoms with Crippen LogP contribution in [0, 0.1) is 11.3 Å². The van der Waals surface area contributed by atoms with E-state index in [0.29, 0.717) is 53.3 Å². The van der Waals surface area contributed by atoms with Gasteiger partial charge in [0.25, 0.3) is 5.91 Å². The summed E-state index contributed by atoms with van der Waals surface area (Å²) in [5.41, 5.74) is 4.00. The SMILES string of the molecule is C=Cc1cccc(Nc2c(C#N)cnc3cc(O[C@H]4CCOC4)c(N(C)C(=O)/C=C/CN(CC)CC)cc23)c1. The van der Waals surface area contributed by atoms with Crippen LogP contribution in [0.3, 0.4) is 0 Å². The maximum atomic E-state index is 13.2. The van der Waals surface area contributed by atoms with E-state index in [1.54, 1.807) is 30.3 Å². The Hall–Kier alpha value is -4.19. The standard InChI is InChI=1S/C31H35N5O3/c1-5-22-10-8-11-24(16-22)34-31-23(19-32)20-33-27-18-29(39-25-13-15-38-21-25)28(17-26(27)31)35(4)30(37)12-9-14-36(6-2)7-3/h5,8-12,16-18,20,25H,1,6-7,13-15,21H2,2-4H3,(H,33,34)/b12-9+/t25-/m0/s1. The quantitative estimate of drug-likeness (QED) is 0.330. The van der Waals surface area contributed by atoms with Crippen molar-refractivity contribution in [3.63, 3.8) is 0 Å². The molecule has 0 spiro atoms. The first kappa shape index (κ1) is 27.8. The fourth-order valence-corrected chi connectivity index (χ4v) is 4.47. The highest BCUT2D eigenvalue weighted by Crippen LogP contribution is 2.38. The van der Waals surface area contributed by atoms with E-state index in [-0.39, 0.29) is 12.0 Å². The molecule has 8 heteroatoms. The molecular formula is C31H35N5O3. The molecule has 1 fully saturated rings. The summed E-state index contributed by atoms with van der Waals surface area (Å²) in [6.07, 6.45) is 7.45. The summed E-state index contributed by atoms with van der Waals surface area (Å²) in [5.74, 6) is 0.370. The van der Waals surface area contributed by atoms with Gasteiger partial charge < -0.3 is 24.6 Å². The second kappa shape index (κ2) is 13.1. The zero-order valence-corrected chi connectivity index (χ0v) is 22.8. The lowest BCUT2D eigenvalue weighted by Gasteiger charge is -2.23. The molecule has 0 aliphatic carbocycles. The van der Waals surface area contributed by atoms with Crippen LogP contribution in [-0.4, -0.2) is 61.8 Å². The second-order valence-corrected chi connectivity index (χ2v) is 9.34. The number of nitriles is 1. The van der Waals surface area contributed by atoms with Gasteiger partial charge in [-0.3, -0.25) is 9.78 Å². The van der Waals surface area contributed by atoms with Crippen molar-refractivity contribution in [2.75, 3.05) is 50.1 Å². The van der Waals surface area contributed by atoms with Crippen LogP contribution in [0.5, 0.6) is 5.75 Å². The van der Waals surface area contributed by atoms with Crippen molar-refractivity contribution in [3.05, 3.63) is 72.5 Å². The highest BCUT2D eigenvalue weighted by molar-refractivity contribution is 6.06. The van der Waals surface area contributed by atoms with Crippen molar-refractivity contribution in [3.8, 4) is 11.8 Å². The Labute approximate surface area is 230 Å². The van der Waals surface area contributed by atoms with E-state index >= 15 is 0 Å². The average Bonchev–Trinajstić information content (AvgIpc) is 3.48. The third-order valence-electron chi connectivity index (χ3n) is 6.85. The number of likely N-dealkylation sites (N-methyl/N-ethyl adjacent to an activating group) is 2. The molecule has 1 aromatic heterocycles. The number of aromatic nitrogens is 1. The summed E-state index contributed by atoms with van der Waals surface area (Å²) >= 11 is 0. The maximum absolute atomic E-state index is 13.2. The Morgan fingerprint density at radius 2 is 2.13 bits per heavy atom. The van der Waals surface area contributed by atoms with Crippen LogP contribution in [0.15, 0.2) is 61.3 Å². The third kappa shape index (κ3) is 6.63. The Morgan fingerprint density at radius 1 is 1.31 bits per heavy atom. The minimum absolute atomic E-state index is 0.111. The molecule has 1 amide bonds. The number of nitrogens with zero attached hydrogens (tertiary/aromatic N) is 4. The molecule has 39 heavy (non-hydrogen) atoms. The van der Waals surface area contributed by atoms with Gasteiger partial charge in [0.15, 0.2) is 0 Å². The maximum Gasteiger partial charge on any atom is 0.250 e. The monoisotopic (exact) mass is 525 g/mol. The number of fused-ring (bicyclic) bond motifs is 1. The molecule has 2 heterocycles. The first-order chi connectivity index (χ1) is 19.0. The minimum Gasteiger partial charge on any atom is -0.486 e. The molecule has 0 saturated carbocycles. The predicted octanol–water partition coefficient (Wildman–Crippen LogP) is 5.52. The molecular weight excluding hydrogens is 490 g/mol. The summed E-state index contributed by atoms with van der Waals surface area (Å²) in [7, 11) is 1.73. The molecule has 0 radical (unpaired) electrons. The van der Waals surface area contributed by atoms with Gasteiger partial charge in [-0.15, -0.1) is 0 Å². The van der Waals surface area contributed by atoms with E-state index in [0.717, 1.165) is 30.8 Å². The highest BCUT2D eigenvalue weighted by atomic mass is 16.5. The number of rotatable bonds is 11. The van der Waals surface area contributed by atoms with Crippen LogP contribution < -0.4 is 15.0 Å². The van der Waals surface area contributed by atoms with E-state index in [2.05, 4.69) is 41.7 Å². The molecule has 1 aliphatic heterocycles. The molecule has 0 unspecified atom stereocenters. The van der Waals surface area contributed by atoms with Gasteiger partial charge in [0.2, 0.25) is 0 Å². The fourth-order valence-electron chi connectivity index (χ4n) is 4.47. The molecule has 202 valence electrons. The molecule has 1 saturated heterocycles. The number of amides is 1. The summed E-state index contributed by atoms with van der Waals surface area (Å²) < 4.78 is 11.8. The highest BCUT2D eigenvalue weighted by Gasteiger charge is 2.23. The van der Waals surface area contributed by atoms with Crippen LogP contribution in [0.2, 0.25) is 0 Å². The number of benzene rings is 2. The Kier molecular flexibility index (Phi) is 9.31. The molecule has 4 rings (SSSR count). The molecule has 2 aromatic carbocycles. The van der Waals surface area contributed by atoms with Gasteiger partial charge in [-0.05, 0) is 36.9 Å². The number of carbonyl (C=O) groups excluding carboxylic acids is 1. The van der Waals surface area contributed by atoms with Crippen LogP contribution in [0.25, 0.3) is 17.0 Å². The number of carbonyl (C=O) groups is 1. The van der Waals surface area contributed by atoms with Gasteiger partial charge in [-0.1, -0.05) is 44.7 Å². The minimum atomic E-state index is -0.174. The number of pyridine rings is 1. The first-order valence-corrected chi connectivity index (χ1v) is 13.2. The van der Waals surface area contributed by atoms with E-state index in [4.69, 9.17) is 9.47 Å². The zero-order chi connectivity index (χ0) is 27.8. The number of hydrogen-bond acceptors (Lipinski definition) is 7. The topological polar surface area (TPSA) is 90.7 Å². The molecule has 1 N–H and O–H groups in total. The fraction of sp³-hybridized carbons (Fsp3) is 0.323. The van der Waals surface area contributed by atoms with Crippen molar-refractivity contribution in [1.82, 2.24) is 9.88 Å². The smallest absolute Gasteiger partial charge is 0.250 e. The zero-order valence-electron chi connectivity index (χ0n) is 22.8. The van der Waals surface area contributed by atoms with E-state index < -0.39 is 0 Å². The average molecular weight is 526 g/mol. The summed E-state index contributed by atoms with van der Waals surface area (Å²) in [5, 5.41) is 14.0. The van der Waals surface area contributed by atoms with Crippen molar-refractivity contribution < 1.29 is 14.3 Å². The Balaban J connectivity index is 1.77. The van der Waals surface area contributed by atoms with Crippen molar-refractivity contribution in [2.45, 2.75) is 26.4 Å². The van der Waals surface area contributed by atoms with Gasteiger partial charge in [0.05, 0.1) is 35.7 Å². The van der Waals surface area contributed by atoms with E-state index in [1.165, 1.54) is 0 Å². The first-order valence-electron chi connectivity index (χ1n) is 13.2. The Bertz CT molecular complexity index is 1400. The normalized spacial score (nSPS) is 15.0. The lowest BCUT2D eigenvalue weighted by atomic mass is 10.1. The molecule has 8 nitrogen and oxygen atoms in total. The number of anilines is 3. The van der Waals surface area contributed by atoms with Gasteiger partial charge in [-0.25, -0.2) is 0 Å². The predicted molar refractivity (Wildman–Crippen MR) is 156 cm³/mol. The van der Waals surface area contributed by atoms with E-state index in [9.17, 15) is 10.1 Å². The number of hydrogen-bond donors (Lipinski definition) is 1. The van der Waals surface area contributed by atoms with Crippen LogP contribution in [0.1, 0.15) is 31.4 Å². The third-order valence-corrected chi connectivity index (χ3v) is 6.85. The lowest BCUT2D eigenvalue weighted by molar-refractivity contribution is -0.113. The molecule has 0 bridgehead atoms. The van der Waals surface area contributed by atoms with Crippen LogP contribution in [0.4, 0.5) is 17.1 Å². The molecule has 3 aromatic rings.